The molecule has 5 nitrogen and oxygen atoms in total. The van der Waals surface area contributed by atoms with Crippen molar-refractivity contribution in [2.75, 3.05) is 0 Å². The molecule has 0 saturated carbocycles. The quantitative estimate of drug-likeness (QED) is 0.846. The van der Waals surface area contributed by atoms with Crippen LogP contribution in [0.3, 0.4) is 0 Å². The van der Waals surface area contributed by atoms with E-state index < -0.39 is 0 Å². The van der Waals surface area contributed by atoms with E-state index in [1.54, 1.807) is 0 Å². The second-order valence-electron chi connectivity index (χ2n) is 4.64. The molecule has 98 valence electrons. The molecule has 0 atom stereocenters. The van der Waals surface area contributed by atoms with Gasteiger partial charge in [0.15, 0.2) is 5.78 Å². The lowest BCUT2D eigenvalue weighted by atomic mass is 9.90. The highest BCUT2D eigenvalue weighted by atomic mass is 16.6. The van der Waals surface area contributed by atoms with Gasteiger partial charge in [0.05, 0.1) is 0 Å². The third-order valence-corrected chi connectivity index (χ3v) is 3.37. The van der Waals surface area contributed by atoms with Crippen molar-refractivity contribution in [3.05, 3.63) is 40.7 Å². The first kappa shape index (κ1) is 11.9. The van der Waals surface area contributed by atoms with E-state index in [9.17, 15) is 4.79 Å². The molecule has 1 aromatic heterocycles. The van der Waals surface area contributed by atoms with Crippen LogP contribution in [0, 0.1) is 6.92 Å². The Labute approximate surface area is 110 Å². The summed E-state index contributed by atoms with van der Waals surface area (Å²) < 4.78 is 10.4. The number of benzene rings is 1. The number of ether oxygens (including phenoxy) is 1. The van der Waals surface area contributed by atoms with Crippen LogP contribution < -0.4 is 4.74 Å². The van der Waals surface area contributed by atoms with Crippen LogP contribution in [0.25, 0.3) is 0 Å². The summed E-state index contributed by atoms with van der Waals surface area (Å²) in [4.78, 5) is 11.8. The van der Waals surface area contributed by atoms with Gasteiger partial charge in [-0.15, -0.1) is 0 Å². The minimum atomic E-state index is 0.200. The van der Waals surface area contributed by atoms with Crippen molar-refractivity contribution in [1.29, 1.82) is 0 Å². The first-order chi connectivity index (χ1) is 9.25. The van der Waals surface area contributed by atoms with Gasteiger partial charge < -0.3 is 4.74 Å². The van der Waals surface area contributed by atoms with Crippen molar-refractivity contribution in [2.45, 2.75) is 32.8 Å². The van der Waals surface area contributed by atoms with Crippen LogP contribution in [0.4, 0.5) is 0 Å². The molecule has 2 aromatic rings. The maximum atomic E-state index is 11.8. The first-order valence-corrected chi connectivity index (χ1v) is 6.31. The molecule has 0 radical (unpaired) electrons. The summed E-state index contributed by atoms with van der Waals surface area (Å²) in [6, 6.07) is 5.61. The summed E-state index contributed by atoms with van der Waals surface area (Å²) in [5.41, 5.74) is 3.20. The highest BCUT2D eigenvalue weighted by Crippen LogP contribution is 2.30. The van der Waals surface area contributed by atoms with Gasteiger partial charge in [-0.3, -0.25) is 4.79 Å². The highest BCUT2D eigenvalue weighted by molar-refractivity contribution is 5.99. The summed E-state index contributed by atoms with van der Waals surface area (Å²) in [7, 11) is 0. The molecule has 19 heavy (non-hydrogen) atoms. The summed E-state index contributed by atoms with van der Waals surface area (Å²) in [6.45, 7) is 2.12. The third-order valence-electron chi connectivity index (χ3n) is 3.37. The Kier molecular flexibility index (Phi) is 3.03. The van der Waals surface area contributed by atoms with E-state index in [1.807, 2.05) is 25.1 Å². The average molecular weight is 258 g/mol. The van der Waals surface area contributed by atoms with Crippen LogP contribution in [0.15, 0.2) is 22.8 Å². The minimum Gasteiger partial charge on any atom is -0.487 e. The van der Waals surface area contributed by atoms with E-state index in [2.05, 4.69) is 14.9 Å². The molecule has 0 unspecified atom stereocenters. The van der Waals surface area contributed by atoms with Gasteiger partial charge in [-0.1, -0.05) is 22.4 Å². The second kappa shape index (κ2) is 4.84. The van der Waals surface area contributed by atoms with Crippen molar-refractivity contribution in [2.24, 2.45) is 0 Å². The smallest absolute Gasteiger partial charge is 0.163 e. The summed E-state index contributed by atoms with van der Waals surface area (Å²) in [5.74, 6) is 0.957. The highest BCUT2D eigenvalue weighted by Gasteiger charge is 2.20. The number of nitrogens with zero attached hydrogens (tertiary/aromatic N) is 2. The fourth-order valence-corrected chi connectivity index (χ4v) is 2.31. The van der Waals surface area contributed by atoms with Crippen LogP contribution >= 0.6 is 0 Å². The van der Waals surface area contributed by atoms with Crippen molar-refractivity contribution >= 4 is 5.78 Å². The Morgan fingerprint density at radius 1 is 1.32 bits per heavy atom. The number of hydrogen-bond acceptors (Lipinski definition) is 5. The van der Waals surface area contributed by atoms with Gasteiger partial charge in [0.25, 0.3) is 0 Å². The van der Waals surface area contributed by atoms with Crippen molar-refractivity contribution < 1.29 is 14.2 Å². The summed E-state index contributed by atoms with van der Waals surface area (Å²) in [5, 5.41) is 7.49. The van der Waals surface area contributed by atoms with E-state index in [0.717, 1.165) is 35.4 Å². The van der Waals surface area contributed by atoms with Gasteiger partial charge in [-0.25, -0.2) is 4.63 Å². The Morgan fingerprint density at radius 2 is 2.21 bits per heavy atom. The van der Waals surface area contributed by atoms with E-state index in [1.165, 1.54) is 0 Å². The molecule has 0 N–H and O–H groups in total. The lowest BCUT2D eigenvalue weighted by Gasteiger charge is -2.18. The summed E-state index contributed by atoms with van der Waals surface area (Å²) >= 11 is 0. The molecule has 1 heterocycles. The van der Waals surface area contributed by atoms with Crippen LogP contribution in [0.5, 0.6) is 5.75 Å². The van der Waals surface area contributed by atoms with Crippen LogP contribution in [0.1, 0.15) is 40.2 Å². The van der Waals surface area contributed by atoms with Gasteiger partial charge in [-0.2, -0.15) is 0 Å². The lowest BCUT2D eigenvalue weighted by Crippen LogP contribution is -2.12. The van der Waals surface area contributed by atoms with E-state index >= 15 is 0 Å². The van der Waals surface area contributed by atoms with Crippen LogP contribution in [-0.4, -0.2) is 16.1 Å². The second-order valence-corrected chi connectivity index (χ2v) is 4.64. The molecule has 0 spiro atoms. The van der Waals surface area contributed by atoms with Gasteiger partial charge in [0.2, 0.25) is 0 Å². The number of aryl methyl sites for hydroxylation is 1. The topological polar surface area (TPSA) is 65.2 Å². The fourth-order valence-electron chi connectivity index (χ4n) is 2.31. The zero-order chi connectivity index (χ0) is 13.2. The SMILES string of the molecule is Cc1nonc1COc1cccc2c1CCCC2=O. The molecule has 1 aliphatic rings. The average Bonchev–Trinajstić information content (AvgIpc) is 2.82. The third kappa shape index (κ3) is 2.23. The Morgan fingerprint density at radius 3 is 3.00 bits per heavy atom. The number of ketones is 1. The number of hydrogen-bond donors (Lipinski definition) is 0. The van der Waals surface area contributed by atoms with E-state index in [-0.39, 0.29) is 5.78 Å². The Balaban J connectivity index is 1.84. The van der Waals surface area contributed by atoms with Crippen molar-refractivity contribution in [3.8, 4) is 5.75 Å². The fraction of sp³-hybridized carbons (Fsp3) is 0.357. The Bertz CT molecular complexity index is 619. The molecule has 0 bridgehead atoms. The minimum absolute atomic E-state index is 0.200. The Hall–Kier alpha value is -2.17. The number of aromatic nitrogens is 2. The summed E-state index contributed by atoms with van der Waals surface area (Å²) in [6.07, 6.45) is 2.40. The zero-order valence-electron chi connectivity index (χ0n) is 10.7. The predicted octanol–water partition coefficient (Wildman–Crippen LogP) is 2.48. The van der Waals surface area contributed by atoms with Gasteiger partial charge in [0, 0.05) is 17.5 Å². The standard InChI is InChI=1S/C14H14N2O3/c1-9-12(16-19-15-9)8-18-14-7-3-4-10-11(14)5-2-6-13(10)17/h3-4,7H,2,5-6,8H2,1H3. The van der Waals surface area contributed by atoms with Crippen molar-refractivity contribution in [1.82, 2.24) is 10.3 Å². The van der Waals surface area contributed by atoms with Crippen molar-refractivity contribution in [3.63, 3.8) is 0 Å². The predicted molar refractivity (Wildman–Crippen MR) is 67.1 cm³/mol. The lowest BCUT2D eigenvalue weighted by molar-refractivity contribution is 0.0971. The number of Topliss-reactive ketones (excluding diaryl/α,β-unsaturated/α-hetero) is 1. The molecule has 3 rings (SSSR count). The molecular weight excluding hydrogens is 244 g/mol. The molecule has 0 saturated heterocycles. The molecule has 0 fully saturated rings. The van der Waals surface area contributed by atoms with Gasteiger partial charge >= 0.3 is 0 Å². The molecular formula is C14H14N2O3. The molecule has 1 aliphatic carbocycles. The molecule has 0 aliphatic heterocycles. The number of carbonyl (C=O) groups excluding carboxylic acids is 1. The van der Waals surface area contributed by atoms with Crippen LogP contribution in [0.2, 0.25) is 0 Å². The van der Waals surface area contributed by atoms with E-state index in [0.29, 0.717) is 18.7 Å². The van der Waals surface area contributed by atoms with Gasteiger partial charge in [0.1, 0.15) is 23.7 Å². The zero-order valence-corrected chi connectivity index (χ0v) is 10.7. The molecule has 1 aromatic carbocycles. The molecule has 0 amide bonds. The van der Waals surface area contributed by atoms with Gasteiger partial charge in [-0.05, 0) is 25.8 Å². The monoisotopic (exact) mass is 258 g/mol. The normalized spacial score (nSPS) is 14.3. The van der Waals surface area contributed by atoms with E-state index in [4.69, 9.17) is 4.74 Å². The maximum Gasteiger partial charge on any atom is 0.163 e. The number of fused-ring (bicyclic) bond motifs is 1. The first-order valence-electron chi connectivity index (χ1n) is 6.31. The number of carbonyl (C=O) groups is 1. The molecule has 5 heteroatoms. The number of rotatable bonds is 3. The maximum absolute atomic E-state index is 11.8. The largest absolute Gasteiger partial charge is 0.487 e. The van der Waals surface area contributed by atoms with Crippen LogP contribution in [-0.2, 0) is 13.0 Å².